The Labute approximate surface area is 209 Å². The van der Waals surface area contributed by atoms with Gasteiger partial charge in [0.05, 0.1) is 5.92 Å². The van der Waals surface area contributed by atoms with Crippen LogP contribution in [-0.4, -0.2) is 43.6 Å². The van der Waals surface area contributed by atoms with Crippen molar-refractivity contribution in [1.29, 1.82) is 0 Å². The zero-order valence-electron chi connectivity index (χ0n) is 18.3. The second kappa shape index (κ2) is 13.1. The fourth-order valence-corrected chi connectivity index (χ4v) is 3.69. The normalized spacial score (nSPS) is 16.2. The van der Waals surface area contributed by atoms with E-state index in [0.717, 1.165) is 30.8 Å². The van der Waals surface area contributed by atoms with E-state index in [4.69, 9.17) is 5.73 Å². The Balaban J connectivity index is 0.00000385. The number of carbonyl (C=O) groups is 1. The summed E-state index contributed by atoms with van der Waals surface area (Å²) in [6.45, 7) is -0.832. The zero-order chi connectivity index (χ0) is 22.9. The number of amides is 1. The number of carbonyl (C=O) groups excluding carboxylic acids is 1. The third-order valence-corrected chi connectivity index (χ3v) is 5.30. The molecular formula is C22H29F2IN6O2. The Hall–Kier alpha value is -2.70. The quantitative estimate of drug-likeness (QED) is 0.255. The van der Waals surface area contributed by atoms with E-state index in [9.17, 15) is 13.6 Å². The topological polar surface area (TPSA) is 105 Å². The third-order valence-electron chi connectivity index (χ3n) is 5.30. The standard InChI is InChI=1S/C22H28F2N6O2.HI/c1-26-22(28-12-15-6-2-3-9-18(15)32-21(23)24)29-13-16-7-4-10-27-20(16)30-11-5-8-17(14-30)19(25)31;/h2-4,6-7,9-10,17,21H,5,8,11-14H2,1H3,(H2,25,31)(H2,26,28,29);1H. The maximum Gasteiger partial charge on any atom is 0.387 e. The number of rotatable bonds is 8. The number of hydrogen-bond acceptors (Lipinski definition) is 5. The number of nitrogens with one attached hydrogen (secondary N) is 2. The molecule has 0 aliphatic carbocycles. The van der Waals surface area contributed by atoms with Gasteiger partial charge in [-0.1, -0.05) is 24.3 Å². The highest BCUT2D eigenvalue weighted by Gasteiger charge is 2.26. The van der Waals surface area contributed by atoms with Crippen LogP contribution >= 0.6 is 24.0 Å². The molecule has 0 radical (unpaired) electrons. The van der Waals surface area contributed by atoms with E-state index in [2.05, 4.69) is 30.2 Å². The number of guanidine groups is 1. The molecule has 33 heavy (non-hydrogen) atoms. The number of halogens is 3. The lowest BCUT2D eigenvalue weighted by molar-refractivity contribution is -0.122. The Bertz CT molecular complexity index is 947. The predicted molar refractivity (Wildman–Crippen MR) is 134 cm³/mol. The molecule has 1 fully saturated rings. The van der Waals surface area contributed by atoms with Crippen molar-refractivity contribution >= 4 is 41.7 Å². The molecular weight excluding hydrogens is 545 g/mol. The van der Waals surface area contributed by atoms with Crippen LogP contribution in [0.3, 0.4) is 0 Å². The molecule has 2 heterocycles. The van der Waals surface area contributed by atoms with Crippen LogP contribution in [0.1, 0.15) is 24.0 Å². The fourth-order valence-electron chi connectivity index (χ4n) is 3.69. The number of nitrogens with two attached hydrogens (primary N) is 1. The summed E-state index contributed by atoms with van der Waals surface area (Å²) in [6, 6.07) is 10.4. The number of para-hydroxylation sites is 1. The Morgan fingerprint density at radius 1 is 1.24 bits per heavy atom. The highest BCUT2D eigenvalue weighted by atomic mass is 127. The van der Waals surface area contributed by atoms with Crippen LogP contribution in [0.4, 0.5) is 14.6 Å². The molecule has 1 saturated heterocycles. The molecule has 11 heteroatoms. The predicted octanol–water partition coefficient (Wildman–Crippen LogP) is 2.87. The number of primary amides is 1. The number of alkyl halides is 2. The van der Waals surface area contributed by atoms with E-state index < -0.39 is 6.61 Å². The molecule has 1 atom stereocenters. The minimum absolute atomic E-state index is 0. The monoisotopic (exact) mass is 574 g/mol. The van der Waals surface area contributed by atoms with Gasteiger partial charge in [-0.3, -0.25) is 9.79 Å². The highest BCUT2D eigenvalue weighted by molar-refractivity contribution is 14.0. The molecule has 3 rings (SSSR count). The van der Waals surface area contributed by atoms with Gasteiger partial charge >= 0.3 is 6.61 Å². The van der Waals surface area contributed by atoms with Gasteiger partial charge in [0.25, 0.3) is 0 Å². The molecule has 1 aliphatic rings. The van der Waals surface area contributed by atoms with Crippen molar-refractivity contribution in [2.24, 2.45) is 16.6 Å². The van der Waals surface area contributed by atoms with Crippen molar-refractivity contribution < 1.29 is 18.3 Å². The van der Waals surface area contributed by atoms with Crippen LogP contribution in [0.2, 0.25) is 0 Å². The fraction of sp³-hybridized carbons (Fsp3) is 0.409. The number of anilines is 1. The molecule has 1 aliphatic heterocycles. The summed E-state index contributed by atoms with van der Waals surface area (Å²) >= 11 is 0. The number of aromatic nitrogens is 1. The number of piperidine rings is 1. The lowest BCUT2D eigenvalue weighted by Crippen LogP contribution is -2.42. The molecule has 0 spiro atoms. The van der Waals surface area contributed by atoms with Gasteiger partial charge in [-0.25, -0.2) is 4.98 Å². The van der Waals surface area contributed by atoms with E-state index in [-0.39, 0.29) is 48.1 Å². The minimum Gasteiger partial charge on any atom is -0.434 e. The maximum absolute atomic E-state index is 12.6. The van der Waals surface area contributed by atoms with Crippen LogP contribution in [-0.2, 0) is 17.9 Å². The SMILES string of the molecule is CN=C(NCc1ccccc1OC(F)F)NCc1cccnc1N1CCCC(C(N)=O)C1.I. The Morgan fingerprint density at radius 2 is 1.94 bits per heavy atom. The van der Waals surface area contributed by atoms with Crippen molar-refractivity contribution in [3.8, 4) is 5.75 Å². The molecule has 1 aromatic carbocycles. The first-order chi connectivity index (χ1) is 15.5. The first-order valence-electron chi connectivity index (χ1n) is 10.4. The number of hydrogen-bond donors (Lipinski definition) is 3. The van der Waals surface area contributed by atoms with Crippen LogP contribution in [0.25, 0.3) is 0 Å². The van der Waals surface area contributed by atoms with Crippen molar-refractivity contribution in [3.63, 3.8) is 0 Å². The highest BCUT2D eigenvalue weighted by Crippen LogP contribution is 2.24. The number of aliphatic imine (C=N–C) groups is 1. The minimum atomic E-state index is -2.89. The van der Waals surface area contributed by atoms with E-state index >= 15 is 0 Å². The number of pyridine rings is 1. The first-order valence-corrected chi connectivity index (χ1v) is 10.4. The van der Waals surface area contributed by atoms with Gasteiger partial charge in [-0.05, 0) is 25.0 Å². The maximum atomic E-state index is 12.6. The van der Waals surface area contributed by atoms with E-state index in [0.29, 0.717) is 24.6 Å². The molecule has 8 nitrogen and oxygen atoms in total. The van der Waals surface area contributed by atoms with E-state index in [1.165, 1.54) is 6.07 Å². The largest absolute Gasteiger partial charge is 0.434 e. The molecule has 1 unspecified atom stereocenters. The lowest BCUT2D eigenvalue weighted by atomic mass is 9.97. The summed E-state index contributed by atoms with van der Waals surface area (Å²) in [5.74, 6) is 0.953. The van der Waals surface area contributed by atoms with Gasteiger partial charge in [-0.2, -0.15) is 8.78 Å². The summed E-state index contributed by atoms with van der Waals surface area (Å²) < 4.78 is 29.8. The van der Waals surface area contributed by atoms with Crippen LogP contribution in [0, 0.1) is 5.92 Å². The second-order valence-corrected chi connectivity index (χ2v) is 7.44. The molecule has 180 valence electrons. The number of nitrogens with zero attached hydrogens (tertiary/aromatic N) is 3. The third kappa shape index (κ3) is 7.69. The van der Waals surface area contributed by atoms with Crippen LogP contribution in [0.15, 0.2) is 47.6 Å². The molecule has 1 amide bonds. The van der Waals surface area contributed by atoms with Gasteiger partial charge in [-0.15, -0.1) is 24.0 Å². The van der Waals surface area contributed by atoms with Gasteiger partial charge in [0.15, 0.2) is 5.96 Å². The summed E-state index contributed by atoms with van der Waals surface area (Å²) in [6.07, 6.45) is 3.39. The van der Waals surface area contributed by atoms with Crippen molar-refractivity contribution in [2.45, 2.75) is 32.5 Å². The average Bonchev–Trinajstić information content (AvgIpc) is 2.80. The Kier molecular flexibility index (Phi) is 10.6. The molecule has 4 N–H and O–H groups in total. The van der Waals surface area contributed by atoms with Gasteiger partial charge in [0.2, 0.25) is 5.91 Å². The summed E-state index contributed by atoms with van der Waals surface area (Å²) in [7, 11) is 1.63. The van der Waals surface area contributed by atoms with Gasteiger partial charge < -0.3 is 26.0 Å². The van der Waals surface area contributed by atoms with E-state index in [1.807, 2.05) is 12.1 Å². The second-order valence-electron chi connectivity index (χ2n) is 7.44. The molecule has 2 aromatic rings. The van der Waals surface area contributed by atoms with Crippen molar-refractivity contribution in [1.82, 2.24) is 15.6 Å². The van der Waals surface area contributed by atoms with Crippen LogP contribution < -0.4 is 26.0 Å². The van der Waals surface area contributed by atoms with Crippen molar-refractivity contribution in [3.05, 3.63) is 53.7 Å². The van der Waals surface area contributed by atoms with Crippen LogP contribution in [0.5, 0.6) is 5.75 Å². The zero-order valence-corrected chi connectivity index (χ0v) is 20.7. The summed E-state index contributed by atoms with van der Waals surface area (Å²) in [4.78, 5) is 22.4. The van der Waals surface area contributed by atoms with Crippen molar-refractivity contribution in [2.75, 3.05) is 25.0 Å². The summed E-state index contributed by atoms with van der Waals surface area (Å²) in [5, 5.41) is 6.33. The number of benzene rings is 1. The Morgan fingerprint density at radius 3 is 2.64 bits per heavy atom. The first kappa shape index (κ1) is 26.6. The lowest BCUT2D eigenvalue weighted by Gasteiger charge is -2.33. The van der Waals surface area contributed by atoms with Gasteiger partial charge in [0.1, 0.15) is 11.6 Å². The number of ether oxygens (including phenoxy) is 1. The molecule has 0 bridgehead atoms. The van der Waals surface area contributed by atoms with Gasteiger partial charge in [0, 0.05) is 50.6 Å². The molecule has 0 saturated carbocycles. The van der Waals surface area contributed by atoms with E-state index in [1.54, 1.807) is 31.4 Å². The smallest absolute Gasteiger partial charge is 0.387 e. The average molecular weight is 574 g/mol. The molecule has 1 aromatic heterocycles. The summed E-state index contributed by atoms with van der Waals surface area (Å²) in [5.41, 5.74) is 7.04.